The molecule has 1 heterocycles. The lowest BCUT2D eigenvalue weighted by molar-refractivity contribution is 0.244. The summed E-state index contributed by atoms with van der Waals surface area (Å²) in [7, 11) is 2.06. The highest BCUT2D eigenvalue weighted by molar-refractivity contribution is 7.16. The fourth-order valence-corrected chi connectivity index (χ4v) is 3.43. The molecule has 0 amide bonds. The summed E-state index contributed by atoms with van der Waals surface area (Å²) in [5, 5.41) is 0.739. The second-order valence-corrected chi connectivity index (χ2v) is 6.66. The molecule has 0 fully saturated rings. The van der Waals surface area contributed by atoms with Gasteiger partial charge in [-0.2, -0.15) is 0 Å². The molecule has 0 spiro atoms. The molecule has 2 N–H and O–H groups in total. The van der Waals surface area contributed by atoms with Crippen molar-refractivity contribution >= 4 is 34.5 Å². The highest BCUT2D eigenvalue weighted by Gasteiger charge is 2.16. The molecule has 5 heteroatoms. The first-order valence-corrected chi connectivity index (χ1v) is 7.57. The van der Waals surface area contributed by atoms with E-state index < -0.39 is 0 Å². The normalized spacial score (nSPS) is 12.9. The summed E-state index contributed by atoms with van der Waals surface area (Å²) in [4.78, 5) is 3.45. The molecule has 1 atom stereocenters. The molecular weight excluding hydrogens is 299 g/mol. The molecule has 0 aliphatic rings. The highest BCUT2D eigenvalue weighted by Crippen LogP contribution is 2.27. The molecule has 0 radical (unpaired) electrons. The van der Waals surface area contributed by atoms with Gasteiger partial charge in [-0.15, -0.1) is 11.3 Å². The standard InChI is InChI=1S/C14H16Cl2N2S/c1-18(9-12-5-6-14(16)19-12)13(8-17)10-3-2-4-11(15)7-10/h2-7,13H,8-9,17H2,1H3. The van der Waals surface area contributed by atoms with E-state index in [1.807, 2.05) is 24.3 Å². The number of thiophene rings is 1. The number of nitrogens with two attached hydrogens (primary N) is 1. The lowest BCUT2D eigenvalue weighted by Gasteiger charge is -2.27. The minimum absolute atomic E-state index is 0.152. The number of hydrogen-bond donors (Lipinski definition) is 1. The van der Waals surface area contributed by atoms with E-state index in [0.717, 1.165) is 21.5 Å². The van der Waals surface area contributed by atoms with Gasteiger partial charge in [-0.05, 0) is 36.9 Å². The van der Waals surface area contributed by atoms with Gasteiger partial charge in [-0.1, -0.05) is 35.3 Å². The number of likely N-dealkylation sites (N-methyl/N-ethyl adjacent to an activating group) is 1. The molecule has 1 unspecified atom stereocenters. The van der Waals surface area contributed by atoms with Gasteiger partial charge in [-0.3, -0.25) is 4.90 Å². The fraction of sp³-hybridized carbons (Fsp3) is 0.286. The molecule has 2 nitrogen and oxygen atoms in total. The zero-order chi connectivity index (χ0) is 13.8. The minimum atomic E-state index is 0.152. The van der Waals surface area contributed by atoms with Crippen molar-refractivity contribution in [2.24, 2.45) is 5.73 Å². The topological polar surface area (TPSA) is 29.3 Å². The molecule has 0 aliphatic carbocycles. The van der Waals surface area contributed by atoms with Crippen molar-refractivity contribution in [1.29, 1.82) is 0 Å². The largest absolute Gasteiger partial charge is 0.329 e. The van der Waals surface area contributed by atoms with Crippen molar-refractivity contribution < 1.29 is 0 Å². The van der Waals surface area contributed by atoms with Gasteiger partial charge in [0.25, 0.3) is 0 Å². The first-order valence-electron chi connectivity index (χ1n) is 6.00. The lowest BCUT2D eigenvalue weighted by Crippen LogP contribution is -2.29. The molecule has 19 heavy (non-hydrogen) atoms. The Morgan fingerprint density at radius 2 is 2.05 bits per heavy atom. The molecule has 1 aromatic carbocycles. The maximum Gasteiger partial charge on any atom is 0.0931 e. The Labute approximate surface area is 127 Å². The summed E-state index contributed by atoms with van der Waals surface area (Å²) < 4.78 is 0.815. The Bertz CT molecular complexity index is 542. The van der Waals surface area contributed by atoms with Crippen molar-refractivity contribution in [3.05, 3.63) is 56.2 Å². The Balaban J connectivity index is 2.12. The van der Waals surface area contributed by atoms with Gasteiger partial charge in [0.1, 0.15) is 0 Å². The Morgan fingerprint density at radius 1 is 1.26 bits per heavy atom. The van der Waals surface area contributed by atoms with Gasteiger partial charge >= 0.3 is 0 Å². The van der Waals surface area contributed by atoms with Crippen LogP contribution in [0.2, 0.25) is 9.36 Å². The predicted octanol–water partition coefficient (Wildman–Crippen LogP) is 4.19. The zero-order valence-electron chi connectivity index (χ0n) is 10.6. The van der Waals surface area contributed by atoms with Crippen molar-refractivity contribution in [2.45, 2.75) is 12.6 Å². The van der Waals surface area contributed by atoms with Crippen LogP contribution >= 0.6 is 34.5 Å². The molecular formula is C14H16Cl2N2S. The summed E-state index contributed by atoms with van der Waals surface area (Å²) in [6.07, 6.45) is 0. The number of halogens is 2. The average molecular weight is 315 g/mol. The summed E-state index contributed by atoms with van der Waals surface area (Å²) in [5.74, 6) is 0. The zero-order valence-corrected chi connectivity index (χ0v) is 13.0. The van der Waals surface area contributed by atoms with E-state index in [-0.39, 0.29) is 6.04 Å². The van der Waals surface area contributed by atoms with Crippen molar-refractivity contribution in [2.75, 3.05) is 13.6 Å². The third kappa shape index (κ3) is 3.94. The van der Waals surface area contributed by atoms with E-state index >= 15 is 0 Å². The molecule has 0 bridgehead atoms. The average Bonchev–Trinajstić information content (AvgIpc) is 2.75. The third-order valence-corrected chi connectivity index (χ3v) is 4.47. The predicted molar refractivity (Wildman–Crippen MR) is 84.0 cm³/mol. The Kier molecular flexibility index (Phi) is 5.25. The molecule has 2 aromatic rings. The van der Waals surface area contributed by atoms with Gasteiger partial charge in [0.05, 0.1) is 4.34 Å². The Hall–Kier alpha value is -0.580. The van der Waals surface area contributed by atoms with Crippen LogP contribution in [0.3, 0.4) is 0 Å². The number of rotatable bonds is 5. The monoisotopic (exact) mass is 314 g/mol. The van der Waals surface area contributed by atoms with E-state index in [0.29, 0.717) is 6.54 Å². The van der Waals surface area contributed by atoms with Crippen LogP contribution in [0, 0.1) is 0 Å². The number of nitrogens with zero attached hydrogens (tertiary/aromatic N) is 1. The molecule has 102 valence electrons. The van der Waals surface area contributed by atoms with E-state index in [4.69, 9.17) is 28.9 Å². The smallest absolute Gasteiger partial charge is 0.0931 e. The quantitative estimate of drug-likeness (QED) is 0.896. The Morgan fingerprint density at radius 3 is 2.63 bits per heavy atom. The third-order valence-electron chi connectivity index (χ3n) is 3.02. The van der Waals surface area contributed by atoms with E-state index in [2.05, 4.69) is 24.1 Å². The van der Waals surface area contributed by atoms with E-state index in [1.165, 1.54) is 4.88 Å². The highest BCUT2D eigenvalue weighted by atomic mass is 35.5. The van der Waals surface area contributed by atoms with Gasteiger partial charge in [0, 0.05) is 29.0 Å². The fourth-order valence-electron chi connectivity index (χ4n) is 2.08. The van der Waals surface area contributed by atoms with Gasteiger partial charge < -0.3 is 5.73 Å². The molecule has 2 rings (SSSR count). The SMILES string of the molecule is CN(Cc1ccc(Cl)s1)C(CN)c1cccc(Cl)c1. The van der Waals surface area contributed by atoms with Crippen molar-refractivity contribution in [1.82, 2.24) is 4.90 Å². The van der Waals surface area contributed by atoms with Crippen LogP contribution in [-0.2, 0) is 6.54 Å². The molecule has 0 aliphatic heterocycles. The first-order chi connectivity index (χ1) is 9.10. The summed E-state index contributed by atoms with van der Waals surface area (Å²) >= 11 is 13.6. The van der Waals surface area contributed by atoms with Gasteiger partial charge in [0.15, 0.2) is 0 Å². The van der Waals surface area contributed by atoms with Gasteiger partial charge in [-0.25, -0.2) is 0 Å². The summed E-state index contributed by atoms with van der Waals surface area (Å²) in [5.41, 5.74) is 7.05. The first kappa shape index (κ1) is 14.8. The van der Waals surface area contributed by atoms with Crippen LogP contribution in [0.25, 0.3) is 0 Å². The maximum atomic E-state index is 6.04. The van der Waals surface area contributed by atoms with Crippen molar-refractivity contribution in [3.8, 4) is 0 Å². The number of hydrogen-bond acceptors (Lipinski definition) is 3. The summed E-state index contributed by atoms with van der Waals surface area (Å²) in [6, 6.07) is 12.0. The second-order valence-electron chi connectivity index (χ2n) is 4.43. The minimum Gasteiger partial charge on any atom is -0.329 e. The summed E-state index contributed by atoms with van der Waals surface area (Å²) in [6.45, 7) is 1.38. The van der Waals surface area contributed by atoms with Crippen LogP contribution in [0.1, 0.15) is 16.5 Å². The molecule has 1 aromatic heterocycles. The lowest BCUT2D eigenvalue weighted by atomic mass is 10.1. The van der Waals surface area contributed by atoms with Crippen LogP contribution in [0.15, 0.2) is 36.4 Å². The van der Waals surface area contributed by atoms with Gasteiger partial charge in [0.2, 0.25) is 0 Å². The maximum absolute atomic E-state index is 6.04. The molecule has 0 saturated carbocycles. The van der Waals surface area contributed by atoms with Crippen molar-refractivity contribution in [3.63, 3.8) is 0 Å². The van der Waals surface area contributed by atoms with Crippen LogP contribution in [-0.4, -0.2) is 18.5 Å². The molecule has 0 saturated heterocycles. The second kappa shape index (κ2) is 6.73. The van der Waals surface area contributed by atoms with Crippen LogP contribution in [0.5, 0.6) is 0 Å². The number of benzene rings is 1. The van der Waals surface area contributed by atoms with E-state index in [9.17, 15) is 0 Å². The van der Waals surface area contributed by atoms with Crippen LogP contribution < -0.4 is 5.73 Å². The van der Waals surface area contributed by atoms with E-state index in [1.54, 1.807) is 11.3 Å². The van der Waals surface area contributed by atoms with Crippen LogP contribution in [0.4, 0.5) is 0 Å².